The van der Waals surface area contributed by atoms with Gasteiger partial charge in [-0.15, -0.1) is 0 Å². The maximum absolute atomic E-state index is 13.3. The fourth-order valence-electron chi connectivity index (χ4n) is 5.16. The lowest BCUT2D eigenvalue weighted by Gasteiger charge is -2.51. The third-order valence-electron chi connectivity index (χ3n) is 6.82. The molecular weight excluding hydrogens is 402 g/mol. The van der Waals surface area contributed by atoms with E-state index in [4.69, 9.17) is 0 Å². The number of likely N-dealkylation sites (tertiary alicyclic amines) is 1. The summed E-state index contributed by atoms with van der Waals surface area (Å²) < 4.78 is 0. The second-order valence-corrected chi connectivity index (χ2v) is 9.59. The highest BCUT2D eigenvalue weighted by Crippen LogP contribution is 2.35. The van der Waals surface area contributed by atoms with Crippen LogP contribution in [0.25, 0.3) is 11.3 Å². The Balaban J connectivity index is 1.47. The number of piperazine rings is 1. The predicted octanol–water partition coefficient (Wildman–Crippen LogP) is 3.19. The Kier molecular flexibility index (Phi) is 6.65. The van der Waals surface area contributed by atoms with Gasteiger partial charge in [-0.05, 0) is 37.2 Å². The van der Waals surface area contributed by atoms with E-state index in [-0.39, 0.29) is 11.8 Å². The molecule has 2 fully saturated rings. The van der Waals surface area contributed by atoms with Crippen LogP contribution in [-0.4, -0.2) is 63.0 Å². The molecule has 7 nitrogen and oxygen atoms in total. The van der Waals surface area contributed by atoms with Crippen LogP contribution in [0.2, 0.25) is 0 Å². The van der Waals surface area contributed by atoms with E-state index in [1.165, 1.54) is 0 Å². The van der Waals surface area contributed by atoms with Crippen LogP contribution in [0, 0.1) is 5.92 Å². The molecule has 32 heavy (non-hydrogen) atoms. The summed E-state index contributed by atoms with van der Waals surface area (Å²) in [6.07, 6.45) is 4.77. The number of H-pyrrole nitrogens is 1. The molecule has 172 valence electrons. The average molecular weight is 438 g/mol. The van der Waals surface area contributed by atoms with Crippen LogP contribution >= 0.6 is 0 Å². The van der Waals surface area contributed by atoms with Crippen LogP contribution in [0.4, 0.5) is 0 Å². The number of aromatic nitrogens is 2. The smallest absolute Gasteiger partial charge is 0.246 e. The minimum atomic E-state index is -0.713. The van der Waals surface area contributed by atoms with Gasteiger partial charge < -0.3 is 10.2 Å². The highest BCUT2D eigenvalue weighted by molar-refractivity contribution is 6.00. The number of aromatic amines is 1. The molecule has 2 aliphatic heterocycles. The van der Waals surface area contributed by atoms with Crippen LogP contribution in [-0.2, 0) is 16.1 Å². The van der Waals surface area contributed by atoms with Crippen molar-refractivity contribution in [1.29, 1.82) is 0 Å². The van der Waals surface area contributed by atoms with Crippen LogP contribution < -0.4 is 5.32 Å². The average Bonchev–Trinajstić information content (AvgIpc) is 3.25. The van der Waals surface area contributed by atoms with E-state index < -0.39 is 11.6 Å². The fourth-order valence-corrected chi connectivity index (χ4v) is 5.16. The summed E-state index contributed by atoms with van der Waals surface area (Å²) in [5, 5.41) is 10.5. The molecule has 1 unspecified atom stereocenters. The number of carbonyl (C=O) groups excluding carboxylic acids is 2. The largest absolute Gasteiger partial charge is 0.342 e. The molecule has 0 saturated carbocycles. The standard InChI is InChI=1S/C25H35N5O2/c1-4-12-30-23(31)21(15-18(2)3)27-24(32)25(30)10-13-29(14-11-25)17-20-16-26-28-22(20)19-8-6-5-7-9-19/h5-9,16,18,21H,4,10-15,17H2,1-3H3,(H,26,28)(H,27,32). The summed E-state index contributed by atoms with van der Waals surface area (Å²) in [6, 6.07) is 9.83. The topological polar surface area (TPSA) is 81.3 Å². The van der Waals surface area contributed by atoms with Crippen molar-refractivity contribution in [3.63, 3.8) is 0 Å². The number of hydrogen-bond donors (Lipinski definition) is 2. The van der Waals surface area contributed by atoms with Crippen molar-refractivity contribution in [2.45, 2.75) is 64.6 Å². The zero-order valence-electron chi connectivity index (χ0n) is 19.4. The van der Waals surface area contributed by atoms with Gasteiger partial charge >= 0.3 is 0 Å². The van der Waals surface area contributed by atoms with E-state index in [1.54, 1.807) is 0 Å². The molecule has 3 heterocycles. The van der Waals surface area contributed by atoms with Crippen LogP contribution in [0.1, 0.15) is 52.0 Å². The molecule has 1 aromatic heterocycles. The highest BCUT2D eigenvalue weighted by atomic mass is 16.2. The lowest BCUT2D eigenvalue weighted by molar-refractivity contribution is -0.161. The van der Waals surface area contributed by atoms with Crippen LogP contribution in [0.15, 0.2) is 36.5 Å². The van der Waals surface area contributed by atoms with Crippen molar-refractivity contribution >= 4 is 11.8 Å². The first kappa shape index (κ1) is 22.5. The number of amides is 2. The summed E-state index contributed by atoms with van der Waals surface area (Å²) >= 11 is 0. The fraction of sp³-hybridized carbons (Fsp3) is 0.560. The quantitative estimate of drug-likeness (QED) is 0.697. The van der Waals surface area contributed by atoms with E-state index in [2.05, 4.69) is 53.3 Å². The molecule has 2 saturated heterocycles. The van der Waals surface area contributed by atoms with Crippen LogP contribution in [0.5, 0.6) is 0 Å². The first-order valence-electron chi connectivity index (χ1n) is 11.9. The number of rotatable bonds is 7. The Morgan fingerprint density at radius 2 is 1.88 bits per heavy atom. The van der Waals surface area contributed by atoms with E-state index in [0.717, 1.165) is 42.9 Å². The second-order valence-electron chi connectivity index (χ2n) is 9.59. The summed E-state index contributed by atoms with van der Waals surface area (Å²) in [5.41, 5.74) is 2.60. The molecule has 4 rings (SSSR count). The van der Waals surface area contributed by atoms with Gasteiger partial charge in [-0.25, -0.2) is 0 Å². The van der Waals surface area contributed by atoms with Crippen molar-refractivity contribution in [3.8, 4) is 11.3 Å². The van der Waals surface area contributed by atoms with Gasteiger partial charge in [-0.1, -0.05) is 51.1 Å². The van der Waals surface area contributed by atoms with E-state index in [0.29, 0.717) is 31.7 Å². The van der Waals surface area contributed by atoms with Crippen molar-refractivity contribution in [1.82, 2.24) is 25.3 Å². The normalized spacial score (nSPS) is 21.4. The third-order valence-corrected chi connectivity index (χ3v) is 6.82. The Bertz CT molecular complexity index is 931. The molecule has 1 spiro atoms. The van der Waals surface area contributed by atoms with E-state index in [1.807, 2.05) is 29.3 Å². The van der Waals surface area contributed by atoms with Gasteiger partial charge in [0.25, 0.3) is 0 Å². The number of nitrogens with zero attached hydrogens (tertiary/aromatic N) is 3. The molecule has 7 heteroatoms. The Morgan fingerprint density at radius 3 is 2.53 bits per heavy atom. The second kappa shape index (κ2) is 9.45. The van der Waals surface area contributed by atoms with Gasteiger partial charge in [-0.3, -0.25) is 19.6 Å². The summed E-state index contributed by atoms with van der Waals surface area (Å²) in [4.78, 5) is 30.9. The highest BCUT2D eigenvalue weighted by Gasteiger charge is 2.53. The molecule has 2 aromatic rings. The van der Waals surface area contributed by atoms with Crippen molar-refractivity contribution < 1.29 is 9.59 Å². The summed E-state index contributed by atoms with van der Waals surface area (Å²) in [5.74, 6) is 0.483. The zero-order valence-corrected chi connectivity index (χ0v) is 19.4. The zero-order chi connectivity index (χ0) is 22.7. The van der Waals surface area contributed by atoms with Gasteiger partial charge in [0, 0.05) is 31.7 Å². The molecule has 2 N–H and O–H groups in total. The van der Waals surface area contributed by atoms with Gasteiger partial charge in [0.05, 0.1) is 11.9 Å². The monoisotopic (exact) mass is 437 g/mol. The van der Waals surface area contributed by atoms with Crippen molar-refractivity contribution in [3.05, 3.63) is 42.1 Å². The van der Waals surface area contributed by atoms with Gasteiger partial charge in [0.2, 0.25) is 11.8 Å². The summed E-state index contributed by atoms with van der Waals surface area (Å²) in [6.45, 7) is 9.21. The number of piperidine rings is 1. The third kappa shape index (κ3) is 4.31. The molecule has 1 atom stereocenters. The van der Waals surface area contributed by atoms with E-state index >= 15 is 0 Å². The minimum absolute atomic E-state index is 0.0316. The van der Waals surface area contributed by atoms with E-state index in [9.17, 15) is 9.59 Å². The molecule has 2 amide bonds. The first-order valence-corrected chi connectivity index (χ1v) is 11.9. The molecular formula is C25H35N5O2. The summed E-state index contributed by atoms with van der Waals surface area (Å²) in [7, 11) is 0. The molecule has 2 aliphatic rings. The van der Waals surface area contributed by atoms with Gasteiger partial charge in [0.15, 0.2) is 0 Å². The predicted molar refractivity (Wildman–Crippen MR) is 125 cm³/mol. The van der Waals surface area contributed by atoms with Gasteiger partial charge in [-0.2, -0.15) is 5.10 Å². The maximum Gasteiger partial charge on any atom is 0.246 e. The number of carbonyl (C=O) groups is 2. The molecule has 0 bridgehead atoms. The first-order chi connectivity index (χ1) is 15.4. The lowest BCUT2D eigenvalue weighted by Crippen LogP contribution is -2.73. The lowest BCUT2D eigenvalue weighted by atomic mass is 9.80. The Morgan fingerprint density at radius 1 is 1.16 bits per heavy atom. The minimum Gasteiger partial charge on any atom is -0.342 e. The molecule has 0 aliphatic carbocycles. The van der Waals surface area contributed by atoms with Crippen LogP contribution in [0.3, 0.4) is 0 Å². The number of hydrogen-bond acceptors (Lipinski definition) is 4. The Labute approximate surface area is 190 Å². The van der Waals surface area contributed by atoms with Crippen molar-refractivity contribution in [2.24, 2.45) is 5.92 Å². The van der Waals surface area contributed by atoms with Gasteiger partial charge in [0.1, 0.15) is 11.6 Å². The molecule has 1 aromatic carbocycles. The molecule has 0 radical (unpaired) electrons. The number of benzene rings is 1. The maximum atomic E-state index is 13.3. The Hall–Kier alpha value is -2.67. The number of nitrogens with one attached hydrogen (secondary N) is 2. The SMILES string of the molecule is CCCN1C(=O)C(CC(C)C)NC(=O)C12CCN(Cc1cn[nH]c1-c1ccccc1)CC2. The van der Waals surface area contributed by atoms with Crippen molar-refractivity contribution in [2.75, 3.05) is 19.6 Å².